The Bertz CT molecular complexity index is 1140. The summed E-state index contributed by atoms with van der Waals surface area (Å²) in [7, 11) is 0. The fraction of sp³-hybridized carbons (Fsp3) is 0. The molecule has 3 aromatic rings. The van der Waals surface area contributed by atoms with Crippen LogP contribution in [0, 0.1) is 5.82 Å². The number of amidine groups is 1. The van der Waals surface area contributed by atoms with Crippen molar-refractivity contribution in [1.29, 1.82) is 0 Å². The Morgan fingerprint density at radius 2 is 1.89 bits per heavy atom. The molecule has 1 aliphatic rings. The lowest BCUT2D eigenvalue weighted by Crippen LogP contribution is -2.19. The molecule has 0 unspecified atom stereocenters. The summed E-state index contributed by atoms with van der Waals surface area (Å²) < 4.78 is 19.5. The van der Waals surface area contributed by atoms with Crippen LogP contribution in [0.3, 0.4) is 0 Å². The Balaban J connectivity index is 1.56. The van der Waals surface area contributed by atoms with Gasteiger partial charge in [-0.25, -0.2) is 9.38 Å². The highest BCUT2D eigenvalue weighted by atomic mass is 35.5. The van der Waals surface area contributed by atoms with Gasteiger partial charge in [0.2, 0.25) is 0 Å². The highest BCUT2D eigenvalue weighted by Crippen LogP contribution is 2.32. The third-order valence-corrected chi connectivity index (χ3v) is 5.48. The van der Waals surface area contributed by atoms with Crippen LogP contribution >= 0.6 is 35.0 Å². The number of nitrogens with zero attached hydrogens (tertiary/aromatic N) is 1. The number of nitrogens with one attached hydrogen (secondary N) is 1. The molecule has 0 aliphatic carbocycles. The van der Waals surface area contributed by atoms with Crippen molar-refractivity contribution in [3.05, 3.63) is 81.1 Å². The molecule has 2 heterocycles. The average molecular weight is 433 g/mol. The third-order valence-electron chi connectivity index (χ3n) is 3.83. The van der Waals surface area contributed by atoms with E-state index in [-0.39, 0.29) is 11.6 Å². The Morgan fingerprint density at radius 3 is 2.68 bits per heavy atom. The predicted octanol–water partition coefficient (Wildman–Crippen LogP) is 6.28. The number of para-hydroxylation sites is 1. The van der Waals surface area contributed by atoms with Crippen molar-refractivity contribution < 1.29 is 13.6 Å². The minimum Gasteiger partial charge on any atom is -0.457 e. The highest BCUT2D eigenvalue weighted by Gasteiger charge is 2.24. The molecule has 4 nitrogen and oxygen atoms in total. The number of hydrogen-bond donors (Lipinski definition) is 1. The molecule has 1 saturated heterocycles. The summed E-state index contributed by atoms with van der Waals surface area (Å²) in [5, 5.41) is 3.81. The van der Waals surface area contributed by atoms with Crippen molar-refractivity contribution >= 4 is 57.8 Å². The number of carbonyl (C=O) groups is 1. The standard InChI is InChI=1S/C20H11Cl2FN2O2S/c21-13-7-5-11(9-14(13)22)17-8-6-12(27-17)10-18-19(26)25-20(28-18)24-16-4-2-1-3-15(16)23/h1-10H,(H,24,25,26)/b18-10-. The minimum atomic E-state index is -0.459. The Morgan fingerprint density at radius 1 is 1.07 bits per heavy atom. The van der Waals surface area contributed by atoms with E-state index in [1.165, 1.54) is 12.1 Å². The first kappa shape index (κ1) is 18.8. The maximum atomic E-state index is 13.7. The summed E-state index contributed by atoms with van der Waals surface area (Å²) in [6.45, 7) is 0. The van der Waals surface area contributed by atoms with Crippen molar-refractivity contribution in [2.24, 2.45) is 4.99 Å². The smallest absolute Gasteiger partial charge is 0.264 e. The van der Waals surface area contributed by atoms with Gasteiger partial charge in [-0.3, -0.25) is 4.79 Å². The SMILES string of the molecule is O=C1NC(=Nc2ccccc2F)S/C1=C\c1ccc(-c2ccc(Cl)c(Cl)c2)o1. The van der Waals surface area contributed by atoms with Crippen LogP contribution in [0.1, 0.15) is 5.76 Å². The van der Waals surface area contributed by atoms with Crippen molar-refractivity contribution in [3.8, 4) is 11.3 Å². The van der Waals surface area contributed by atoms with Crippen LogP contribution in [0.5, 0.6) is 0 Å². The van der Waals surface area contributed by atoms with Crippen LogP contribution in [0.2, 0.25) is 10.0 Å². The molecule has 0 radical (unpaired) electrons. The first-order valence-corrected chi connectivity index (χ1v) is 9.66. The molecular weight excluding hydrogens is 422 g/mol. The summed E-state index contributed by atoms with van der Waals surface area (Å²) >= 11 is 13.1. The molecule has 140 valence electrons. The highest BCUT2D eigenvalue weighted by molar-refractivity contribution is 8.18. The normalized spacial score (nSPS) is 16.8. The van der Waals surface area contributed by atoms with Crippen molar-refractivity contribution in [1.82, 2.24) is 5.32 Å². The quantitative estimate of drug-likeness (QED) is 0.495. The summed E-state index contributed by atoms with van der Waals surface area (Å²) in [5.74, 6) is 0.298. The second-order valence-electron chi connectivity index (χ2n) is 5.76. The van der Waals surface area contributed by atoms with E-state index in [0.717, 1.165) is 17.3 Å². The van der Waals surface area contributed by atoms with E-state index in [2.05, 4.69) is 10.3 Å². The van der Waals surface area contributed by atoms with E-state index < -0.39 is 5.82 Å². The molecule has 1 N–H and O–H groups in total. The zero-order chi connectivity index (χ0) is 19.7. The molecule has 0 spiro atoms. The van der Waals surface area contributed by atoms with Gasteiger partial charge in [0.15, 0.2) is 5.17 Å². The molecule has 1 aliphatic heterocycles. The van der Waals surface area contributed by atoms with E-state index in [9.17, 15) is 9.18 Å². The Labute approximate surface area is 174 Å². The van der Waals surface area contributed by atoms with Crippen LogP contribution < -0.4 is 5.32 Å². The lowest BCUT2D eigenvalue weighted by Gasteiger charge is -1.99. The molecule has 0 atom stereocenters. The zero-order valence-electron chi connectivity index (χ0n) is 14.1. The number of amides is 1. The van der Waals surface area contributed by atoms with Gasteiger partial charge in [-0.15, -0.1) is 0 Å². The van der Waals surface area contributed by atoms with E-state index in [1.807, 2.05) is 0 Å². The van der Waals surface area contributed by atoms with E-state index in [0.29, 0.717) is 31.6 Å². The monoisotopic (exact) mass is 432 g/mol. The summed E-state index contributed by atoms with van der Waals surface area (Å²) in [6.07, 6.45) is 1.60. The maximum Gasteiger partial charge on any atom is 0.264 e. The number of benzene rings is 2. The summed E-state index contributed by atoms with van der Waals surface area (Å²) in [6, 6.07) is 14.8. The number of aliphatic imine (C=N–C) groups is 1. The lowest BCUT2D eigenvalue weighted by molar-refractivity contribution is -0.115. The first-order valence-electron chi connectivity index (χ1n) is 8.09. The average Bonchev–Trinajstić information content (AvgIpc) is 3.27. The molecular formula is C20H11Cl2FN2O2S. The fourth-order valence-corrected chi connectivity index (χ4v) is 3.61. The van der Waals surface area contributed by atoms with Gasteiger partial charge in [-0.1, -0.05) is 35.3 Å². The largest absolute Gasteiger partial charge is 0.457 e. The van der Waals surface area contributed by atoms with E-state index >= 15 is 0 Å². The van der Waals surface area contributed by atoms with Gasteiger partial charge in [0.05, 0.1) is 15.0 Å². The van der Waals surface area contributed by atoms with Crippen LogP contribution in [0.4, 0.5) is 10.1 Å². The second kappa shape index (κ2) is 7.83. The van der Waals surface area contributed by atoms with Crippen molar-refractivity contribution in [2.45, 2.75) is 0 Å². The number of thioether (sulfide) groups is 1. The number of carbonyl (C=O) groups excluding carboxylic acids is 1. The van der Waals surface area contributed by atoms with Gasteiger partial charge in [-0.2, -0.15) is 0 Å². The molecule has 28 heavy (non-hydrogen) atoms. The van der Waals surface area contributed by atoms with Crippen LogP contribution in [-0.2, 0) is 4.79 Å². The molecule has 2 aromatic carbocycles. The summed E-state index contributed by atoms with van der Waals surface area (Å²) in [4.78, 5) is 16.7. The molecule has 1 fully saturated rings. The zero-order valence-corrected chi connectivity index (χ0v) is 16.4. The van der Waals surface area contributed by atoms with E-state index in [4.69, 9.17) is 27.6 Å². The second-order valence-corrected chi connectivity index (χ2v) is 7.61. The maximum absolute atomic E-state index is 13.7. The van der Waals surface area contributed by atoms with Crippen LogP contribution in [-0.4, -0.2) is 11.1 Å². The molecule has 8 heteroatoms. The fourth-order valence-electron chi connectivity index (χ4n) is 2.50. The first-order chi connectivity index (χ1) is 13.5. The summed E-state index contributed by atoms with van der Waals surface area (Å²) in [5.41, 5.74) is 0.927. The van der Waals surface area contributed by atoms with Gasteiger partial charge < -0.3 is 9.73 Å². The van der Waals surface area contributed by atoms with Gasteiger partial charge in [0.25, 0.3) is 5.91 Å². The van der Waals surface area contributed by atoms with E-state index in [1.54, 1.807) is 48.5 Å². The molecule has 4 rings (SSSR count). The molecule has 1 aromatic heterocycles. The van der Waals surface area contributed by atoms with Crippen molar-refractivity contribution in [3.63, 3.8) is 0 Å². The van der Waals surface area contributed by atoms with Gasteiger partial charge in [0, 0.05) is 11.6 Å². The minimum absolute atomic E-state index is 0.159. The number of furan rings is 1. The van der Waals surface area contributed by atoms with Crippen LogP contribution in [0.15, 0.2) is 68.9 Å². The number of hydrogen-bond acceptors (Lipinski definition) is 4. The predicted molar refractivity (Wildman–Crippen MR) is 111 cm³/mol. The lowest BCUT2D eigenvalue weighted by atomic mass is 10.2. The third kappa shape index (κ3) is 3.99. The van der Waals surface area contributed by atoms with Gasteiger partial charge >= 0.3 is 0 Å². The molecule has 0 bridgehead atoms. The van der Waals surface area contributed by atoms with Crippen LogP contribution in [0.25, 0.3) is 17.4 Å². The van der Waals surface area contributed by atoms with Gasteiger partial charge in [0.1, 0.15) is 23.0 Å². The Kier molecular flexibility index (Phi) is 5.26. The molecule has 1 amide bonds. The number of rotatable bonds is 3. The molecule has 0 saturated carbocycles. The topological polar surface area (TPSA) is 54.6 Å². The van der Waals surface area contributed by atoms with Crippen molar-refractivity contribution in [2.75, 3.05) is 0 Å². The Hall–Kier alpha value is -2.54. The van der Waals surface area contributed by atoms with Gasteiger partial charge in [-0.05, 0) is 54.2 Å². The number of halogens is 3.